The summed E-state index contributed by atoms with van der Waals surface area (Å²) in [7, 11) is 0. The SMILES string of the molecule is CC1CCCC(Nc2ccc(OC(F)(F)F)c(Br)c2)C1C. The largest absolute Gasteiger partial charge is 0.573 e. The molecule has 1 aliphatic carbocycles. The highest BCUT2D eigenvalue weighted by Crippen LogP contribution is 2.35. The first kappa shape index (κ1) is 16.5. The van der Waals surface area contributed by atoms with Crippen LogP contribution in [0, 0.1) is 11.8 Å². The van der Waals surface area contributed by atoms with Crippen LogP contribution in [0.15, 0.2) is 22.7 Å². The quantitative estimate of drug-likeness (QED) is 0.754. The lowest BCUT2D eigenvalue weighted by Gasteiger charge is -2.35. The molecular weight excluding hydrogens is 347 g/mol. The Morgan fingerprint density at radius 1 is 1.24 bits per heavy atom. The highest BCUT2D eigenvalue weighted by atomic mass is 79.9. The van der Waals surface area contributed by atoms with Crippen molar-refractivity contribution in [2.75, 3.05) is 5.32 Å². The summed E-state index contributed by atoms with van der Waals surface area (Å²) in [6.07, 6.45) is -1.17. The van der Waals surface area contributed by atoms with Crippen molar-refractivity contribution in [1.82, 2.24) is 0 Å². The molecule has 118 valence electrons. The lowest BCUT2D eigenvalue weighted by Crippen LogP contribution is -2.34. The molecule has 1 aliphatic rings. The molecule has 3 atom stereocenters. The van der Waals surface area contributed by atoms with Crippen LogP contribution in [0.4, 0.5) is 18.9 Å². The third kappa shape index (κ3) is 4.53. The Morgan fingerprint density at radius 2 is 1.95 bits per heavy atom. The van der Waals surface area contributed by atoms with Gasteiger partial charge in [-0.15, -0.1) is 13.2 Å². The van der Waals surface area contributed by atoms with Gasteiger partial charge in [-0.2, -0.15) is 0 Å². The fourth-order valence-corrected chi connectivity index (χ4v) is 3.26. The lowest BCUT2D eigenvalue weighted by atomic mass is 9.78. The van der Waals surface area contributed by atoms with Crippen molar-refractivity contribution in [1.29, 1.82) is 0 Å². The van der Waals surface area contributed by atoms with E-state index < -0.39 is 6.36 Å². The molecule has 21 heavy (non-hydrogen) atoms. The monoisotopic (exact) mass is 365 g/mol. The van der Waals surface area contributed by atoms with Crippen LogP contribution in [0.25, 0.3) is 0 Å². The Morgan fingerprint density at radius 3 is 2.57 bits per heavy atom. The predicted molar refractivity (Wildman–Crippen MR) is 80.4 cm³/mol. The van der Waals surface area contributed by atoms with Crippen molar-refractivity contribution in [2.45, 2.75) is 45.5 Å². The molecule has 0 saturated heterocycles. The van der Waals surface area contributed by atoms with Gasteiger partial charge in [0.25, 0.3) is 0 Å². The Balaban J connectivity index is 2.06. The molecule has 0 heterocycles. The van der Waals surface area contributed by atoms with Crippen LogP contribution in [0.2, 0.25) is 0 Å². The molecule has 0 amide bonds. The van der Waals surface area contributed by atoms with Gasteiger partial charge in [-0.1, -0.05) is 26.7 Å². The molecule has 1 aromatic carbocycles. The maximum absolute atomic E-state index is 12.2. The minimum Gasteiger partial charge on any atom is -0.405 e. The zero-order chi connectivity index (χ0) is 15.6. The minimum atomic E-state index is -4.68. The van der Waals surface area contributed by atoms with Crippen LogP contribution in [-0.2, 0) is 0 Å². The van der Waals surface area contributed by atoms with E-state index in [2.05, 4.69) is 39.8 Å². The molecule has 0 aliphatic heterocycles. The van der Waals surface area contributed by atoms with Crippen molar-refractivity contribution in [2.24, 2.45) is 11.8 Å². The van der Waals surface area contributed by atoms with E-state index in [0.717, 1.165) is 12.1 Å². The summed E-state index contributed by atoms with van der Waals surface area (Å²) < 4.78 is 40.9. The van der Waals surface area contributed by atoms with Crippen LogP contribution >= 0.6 is 15.9 Å². The third-order valence-corrected chi connectivity index (χ3v) is 4.84. The molecule has 1 saturated carbocycles. The smallest absolute Gasteiger partial charge is 0.405 e. The van der Waals surface area contributed by atoms with E-state index in [0.29, 0.717) is 22.4 Å². The van der Waals surface area contributed by atoms with Crippen LogP contribution in [-0.4, -0.2) is 12.4 Å². The highest BCUT2D eigenvalue weighted by Gasteiger charge is 2.32. The van der Waals surface area contributed by atoms with Gasteiger partial charge in [0.1, 0.15) is 5.75 Å². The number of anilines is 1. The lowest BCUT2D eigenvalue weighted by molar-refractivity contribution is -0.274. The fourth-order valence-electron chi connectivity index (χ4n) is 2.80. The number of hydrogen-bond acceptors (Lipinski definition) is 2. The predicted octanol–water partition coefficient (Wildman–Crippen LogP) is 5.58. The Kier molecular flexibility index (Phi) is 5.07. The van der Waals surface area contributed by atoms with E-state index in [-0.39, 0.29) is 5.75 Å². The van der Waals surface area contributed by atoms with E-state index in [9.17, 15) is 13.2 Å². The number of halogens is 4. The molecule has 3 unspecified atom stereocenters. The zero-order valence-electron chi connectivity index (χ0n) is 12.0. The van der Waals surface area contributed by atoms with E-state index in [4.69, 9.17) is 0 Å². The second-order valence-corrected chi connectivity index (χ2v) is 6.57. The van der Waals surface area contributed by atoms with Crippen LogP contribution in [0.3, 0.4) is 0 Å². The third-order valence-electron chi connectivity index (χ3n) is 4.22. The van der Waals surface area contributed by atoms with E-state index in [1.165, 1.54) is 18.9 Å². The molecule has 0 spiro atoms. The summed E-state index contributed by atoms with van der Waals surface area (Å²) in [5, 5.41) is 3.43. The van der Waals surface area contributed by atoms with E-state index in [1.807, 2.05) is 0 Å². The second-order valence-electron chi connectivity index (χ2n) is 5.71. The molecule has 0 bridgehead atoms. The van der Waals surface area contributed by atoms with Gasteiger partial charge in [-0.3, -0.25) is 0 Å². The van der Waals surface area contributed by atoms with Gasteiger partial charge in [-0.25, -0.2) is 0 Å². The Bertz CT molecular complexity index is 492. The van der Waals surface area contributed by atoms with E-state index in [1.54, 1.807) is 12.1 Å². The fraction of sp³-hybridized carbons (Fsp3) is 0.600. The molecule has 0 aromatic heterocycles. The molecule has 6 heteroatoms. The average Bonchev–Trinajstić information content (AvgIpc) is 2.37. The maximum Gasteiger partial charge on any atom is 0.573 e. The van der Waals surface area contributed by atoms with Crippen molar-refractivity contribution >= 4 is 21.6 Å². The zero-order valence-corrected chi connectivity index (χ0v) is 13.6. The number of alkyl halides is 3. The molecule has 1 aromatic rings. The molecule has 1 fully saturated rings. The van der Waals surface area contributed by atoms with Gasteiger partial charge in [0, 0.05) is 11.7 Å². The van der Waals surface area contributed by atoms with Crippen LogP contribution in [0.1, 0.15) is 33.1 Å². The molecule has 2 nitrogen and oxygen atoms in total. The minimum absolute atomic E-state index is 0.224. The first-order chi connectivity index (χ1) is 9.76. The van der Waals surface area contributed by atoms with E-state index >= 15 is 0 Å². The first-order valence-corrected chi connectivity index (χ1v) is 7.87. The normalized spacial score (nSPS) is 26.5. The van der Waals surface area contributed by atoms with Crippen LogP contribution < -0.4 is 10.1 Å². The summed E-state index contributed by atoms with van der Waals surface area (Å²) in [6.45, 7) is 4.46. The topological polar surface area (TPSA) is 21.3 Å². The van der Waals surface area contributed by atoms with Crippen molar-refractivity contribution in [3.05, 3.63) is 22.7 Å². The van der Waals surface area contributed by atoms with Gasteiger partial charge in [0.2, 0.25) is 0 Å². The van der Waals surface area contributed by atoms with Gasteiger partial charge in [0.15, 0.2) is 0 Å². The summed E-state index contributed by atoms with van der Waals surface area (Å²) >= 11 is 3.13. The molecule has 2 rings (SSSR count). The molecule has 1 N–H and O–H groups in total. The van der Waals surface area contributed by atoms with Crippen molar-refractivity contribution in [3.63, 3.8) is 0 Å². The maximum atomic E-state index is 12.2. The number of ether oxygens (including phenoxy) is 1. The highest BCUT2D eigenvalue weighted by molar-refractivity contribution is 9.10. The molecular formula is C15H19BrF3NO. The van der Waals surface area contributed by atoms with Gasteiger partial charge < -0.3 is 10.1 Å². The van der Waals surface area contributed by atoms with Gasteiger partial charge >= 0.3 is 6.36 Å². The summed E-state index contributed by atoms with van der Waals surface area (Å²) in [6, 6.07) is 4.94. The Hall–Kier alpha value is -0.910. The summed E-state index contributed by atoms with van der Waals surface area (Å²) in [4.78, 5) is 0. The standard InChI is InChI=1S/C15H19BrF3NO/c1-9-4-3-5-13(10(9)2)20-11-6-7-14(12(16)8-11)21-15(17,18)19/h6-10,13,20H,3-5H2,1-2H3. The van der Waals surface area contributed by atoms with Gasteiger partial charge in [0.05, 0.1) is 4.47 Å². The number of hydrogen-bond donors (Lipinski definition) is 1. The average molecular weight is 366 g/mol. The van der Waals surface area contributed by atoms with Crippen LogP contribution in [0.5, 0.6) is 5.75 Å². The van der Waals surface area contributed by atoms with Gasteiger partial charge in [-0.05, 0) is 52.4 Å². The summed E-state index contributed by atoms with van der Waals surface area (Å²) in [5.41, 5.74) is 0.808. The Labute approximate surface area is 131 Å². The second kappa shape index (κ2) is 6.46. The summed E-state index contributed by atoms with van der Waals surface area (Å²) in [5.74, 6) is 0.981. The van der Waals surface area contributed by atoms with Crippen molar-refractivity contribution in [3.8, 4) is 5.75 Å². The van der Waals surface area contributed by atoms with Crippen molar-refractivity contribution < 1.29 is 17.9 Å². The molecule has 0 radical (unpaired) electrons. The number of nitrogens with one attached hydrogen (secondary N) is 1. The number of benzene rings is 1. The first-order valence-electron chi connectivity index (χ1n) is 7.08. The number of rotatable bonds is 3.